The predicted molar refractivity (Wildman–Crippen MR) is 123 cm³/mol. The van der Waals surface area contributed by atoms with Gasteiger partial charge in [-0.25, -0.2) is 4.98 Å². The Kier molecular flexibility index (Phi) is 5.88. The van der Waals surface area contributed by atoms with Gasteiger partial charge in [0, 0.05) is 15.7 Å². The maximum Gasteiger partial charge on any atom is 0.261 e. The van der Waals surface area contributed by atoms with E-state index in [9.17, 15) is 4.79 Å². The zero-order valence-corrected chi connectivity index (χ0v) is 19.1. The SMILES string of the molecule is Cc1cc(Cl)cc2sc(N(Cc3ccccn3)C(=O)c3cc(Br)ccc3Cl)nc12. The summed E-state index contributed by atoms with van der Waals surface area (Å²) in [6.07, 6.45) is 1.70. The first kappa shape index (κ1) is 20.3. The maximum atomic E-state index is 13.5. The minimum atomic E-state index is -0.246. The summed E-state index contributed by atoms with van der Waals surface area (Å²) in [5.41, 5.74) is 2.93. The van der Waals surface area contributed by atoms with Crippen molar-refractivity contribution in [2.45, 2.75) is 13.5 Å². The van der Waals surface area contributed by atoms with E-state index in [0.29, 0.717) is 20.7 Å². The summed E-state index contributed by atoms with van der Waals surface area (Å²) < 4.78 is 1.69. The third-order valence-electron chi connectivity index (χ3n) is 4.32. The number of rotatable bonds is 4. The lowest BCUT2D eigenvalue weighted by atomic mass is 10.2. The van der Waals surface area contributed by atoms with Crippen LogP contribution in [0.5, 0.6) is 0 Å². The zero-order valence-electron chi connectivity index (χ0n) is 15.2. The van der Waals surface area contributed by atoms with Crippen molar-refractivity contribution in [3.63, 3.8) is 0 Å². The molecule has 0 aliphatic heterocycles. The molecule has 0 N–H and O–H groups in total. The van der Waals surface area contributed by atoms with Gasteiger partial charge < -0.3 is 0 Å². The first-order valence-corrected chi connectivity index (χ1v) is 11.0. The molecular formula is C21H14BrCl2N3OS. The van der Waals surface area contributed by atoms with Crippen LogP contribution in [-0.2, 0) is 6.54 Å². The van der Waals surface area contributed by atoms with Crippen LogP contribution in [-0.4, -0.2) is 15.9 Å². The van der Waals surface area contributed by atoms with E-state index in [1.807, 2.05) is 37.3 Å². The molecule has 0 bridgehead atoms. The van der Waals surface area contributed by atoms with E-state index in [-0.39, 0.29) is 12.5 Å². The van der Waals surface area contributed by atoms with Crippen LogP contribution >= 0.6 is 50.5 Å². The van der Waals surface area contributed by atoms with Gasteiger partial charge in [0.15, 0.2) is 5.13 Å². The van der Waals surface area contributed by atoms with Crippen molar-refractivity contribution in [3.05, 3.63) is 86.1 Å². The summed E-state index contributed by atoms with van der Waals surface area (Å²) in [5.74, 6) is -0.246. The van der Waals surface area contributed by atoms with Gasteiger partial charge in [-0.3, -0.25) is 14.7 Å². The van der Waals surface area contributed by atoms with Crippen LogP contribution in [0.15, 0.2) is 59.2 Å². The van der Waals surface area contributed by atoms with Gasteiger partial charge in [-0.2, -0.15) is 0 Å². The summed E-state index contributed by atoms with van der Waals surface area (Å²) in [7, 11) is 0. The summed E-state index contributed by atoms with van der Waals surface area (Å²) in [6, 6.07) is 14.5. The molecule has 4 rings (SSSR count). The Morgan fingerprint density at radius 3 is 2.76 bits per heavy atom. The van der Waals surface area contributed by atoms with Crippen LogP contribution in [0.4, 0.5) is 5.13 Å². The molecule has 0 aliphatic carbocycles. The minimum absolute atomic E-state index is 0.246. The van der Waals surface area contributed by atoms with E-state index in [1.54, 1.807) is 29.3 Å². The predicted octanol–water partition coefficient (Wildman–Crippen LogP) is 6.92. The van der Waals surface area contributed by atoms with Crippen molar-refractivity contribution in [3.8, 4) is 0 Å². The molecule has 8 heteroatoms. The van der Waals surface area contributed by atoms with Crippen molar-refractivity contribution < 1.29 is 4.79 Å². The van der Waals surface area contributed by atoms with Crippen molar-refractivity contribution in [1.29, 1.82) is 0 Å². The van der Waals surface area contributed by atoms with Gasteiger partial charge in [-0.1, -0.05) is 56.5 Å². The second-order valence-corrected chi connectivity index (χ2v) is 9.17. The van der Waals surface area contributed by atoms with E-state index in [1.165, 1.54) is 11.3 Å². The number of aromatic nitrogens is 2. The number of benzene rings is 2. The highest BCUT2D eigenvalue weighted by Gasteiger charge is 2.24. The first-order valence-electron chi connectivity index (χ1n) is 8.66. The molecule has 4 nitrogen and oxygen atoms in total. The van der Waals surface area contributed by atoms with Gasteiger partial charge >= 0.3 is 0 Å². The fourth-order valence-corrected chi connectivity index (χ4v) is 4.92. The number of pyridine rings is 1. The smallest absolute Gasteiger partial charge is 0.261 e. The van der Waals surface area contributed by atoms with E-state index < -0.39 is 0 Å². The molecule has 0 radical (unpaired) electrons. The average molecular weight is 507 g/mol. The standard InChI is InChI=1S/C21H14BrCl2N3OS/c1-12-8-14(23)10-18-19(12)26-21(29-18)27(11-15-4-2-3-7-25-15)20(28)16-9-13(22)5-6-17(16)24/h2-10H,11H2,1H3. The molecule has 0 saturated heterocycles. The maximum absolute atomic E-state index is 13.5. The van der Waals surface area contributed by atoms with Crippen molar-refractivity contribution in [2.75, 3.05) is 4.90 Å². The third-order valence-corrected chi connectivity index (χ3v) is 6.39. The Balaban J connectivity index is 1.83. The number of aryl methyl sites for hydroxylation is 1. The van der Waals surface area contributed by atoms with Gasteiger partial charge in [0.1, 0.15) is 0 Å². The lowest BCUT2D eigenvalue weighted by Gasteiger charge is -2.20. The zero-order chi connectivity index (χ0) is 20.5. The molecule has 2 aromatic carbocycles. The quantitative estimate of drug-likeness (QED) is 0.302. The van der Waals surface area contributed by atoms with Crippen molar-refractivity contribution >= 4 is 71.7 Å². The number of hydrogen-bond donors (Lipinski definition) is 0. The molecule has 29 heavy (non-hydrogen) atoms. The van der Waals surface area contributed by atoms with Crippen LogP contribution in [0.2, 0.25) is 10.0 Å². The van der Waals surface area contributed by atoms with E-state index in [4.69, 9.17) is 28.2 Å². The molecule has 0 saturated carbocycles. The molecule has 0 fully saturated rings. The number of amides is 1. The number of carbonyl (C=O) groups excluding carboxylic acids is 1. The molecule has 4 aromatic rings. The molecule has 2 aromatic heterocycles. The van der Waals surface area contributed by atoms with Crippen LogP contribution in [0, 0.1) is 6.92 Å². The number of hydrogen-bond acceptors (Lipinski definition) is 4. The number of anilines is 1. The van der Waals surface area contributed by atoms with Gasteiger partial charge in [0.05, 0.1) is 33.0 Å². The highest BCUT2D eigenvalue weighted by atomic mass is 79.9. The number of thiazole rings is 1. The third kappa shape index (κ3) is 4.31. The highest BCUT2D eigenvalue weighted by Crippen LogP contribution is 2.35. The lowest BCUT2D eigenvalue weighted by molar-refractivity contribution is 0.0985. The van der Waals surface area contributed by atoms with Gasteiger partial charge in [0.2, 0.25) is 0 Å². The van der Waals surface area contributed by atoms with Crippen LogP contribution in [0.1, 0.15) is 21.6 Å². The number of fused-ring (bicyclic) bond motifs is 1. The summed E-state index contributed by atoms with van der Waals surface area (Å²) >= 11 is 17.4. The fourth-order valence-electron chi connectivity index (χ4n) is 2.94. The number of nitrogens with zero attached hydrogens (tertiary/aromatic N) is 3. The fraction of sp³-hybridized carbons (Fsp3) is 0.0952. The second kappa shape index (κ2) is 8.40. The summed E-state index contributed by atoms with van der Waals surface area (Å²) in [6.45, 7) is 2.23. The molecule has 0 atom stereocenters. The highest BCUT2D eigenvalue weighted by molar-refractivity contribution is 9.10. The largest absolute Gasteiger partial charge is 0.278 e. The summed E-state index contributed by atoms with van der Waals surface area (Å²) in [5, 5.41) is 1.59. The van der Waals surface area contributed by atoms with E-state index in [0.717, 1.165) is 25.9 Å². The Hall–Kier alpha value is -1.99. The Bertz CT molecular complexity index is 1210. The second-order valence-electron chi connectivity index (χ2n) is 6.40. The van der Waals surface area contributed by atoms with Crippen LogP contribution in [0.25, 0.3) is 10.2 Å². The lowest BCUT2D eigenvalue weighted by Crippen LogP contribution is -2.31. The normalized spacial score (nSPS) is 11.0. The average Bonchev–Trinajstić information content (AvgIpc) is 3.12. The minimum Gasteiger partial charge on any atom is -0.278 e. The van der Waals surface area contributed by atoms with Gasteiger partial charge in [0.25, 0.3) is 5.91 Å². The van der Waals surface area contributed by atoms with Gasteiger partial charge in [-0.05, 0) is 55.0 Å². The summed E-state index contributed by atoms with van der Waals surface area (Å²) in [4.78, 5) is 24.2. The molecule has 0 aliphatic rings. The topological polar surface area (TPSA) is 46.1 Å². The van der Waals surface area contributed by atoms with Crippen LogP contribution < -0.4 is 4.90 Å². The molecular weight excluding hydrogens is 493 g/mol. The molecule has 0 unspecified atom stereocenters. The first-order chi connectivity index (χ1) is 13.9. The van der Waals surface area contributed by atoms with E-state index >= 15 is 0 Å². The van der Waals surface area contributed by atoms with Gasteiger partial charge in [-0.15, -0.1) is 0 Å². The van der Waals surface area contributed by atoms with Crippen molar-refractivity contribution in [2.24, 2.45) is 0 Å². The van der Waals surface area contributed by atoms with Crippen LogP contribution in [0.3, 0.4) is 0 Å². The monoisotopic (exact) mass is 505 g/mol. The molecule has 1 amide bonds. The Morgan fingerprint density at radius 2 is 2.00 bits per heavy atom. The molecule has 146 valence electrons. The molecule has 2 heterocycles. The number of carbonyl (C=O) groups is 1. The Morgan fingerprint density at radius 1 is 1.17 bits per heavy atom. The van der Waals surface area contributed by atoms with Crippen molar-refractivity contribution in [1.82, 2.24) is 9.97 Å². The Labute approximate surface area is 190 Å². The van der Waals surface area contributed by atoms with E-state index in [2.05, 4.69) is 20.9 Å². The number of halogens is 3. The molecule has 0 spiro atoms.